The third kappa shape index (κ3) is 52.0. The molecule has 0 bridgehead atoms. The van der Waals surface area contributed by atoms with Crippen molar-refractivity contribution in [1.29, 1.82) is 0 Å². The van der Waals surface area contributed by atoms with Crippen LogP contribution in [0.15, 0.2) is 48.6 Å². The van der Waals surface area contributed by atoms with Crippen molar-refractivity contribution >= 4 is 17.7 Å². The Morgan fingerprint density at radius 2 is 0.605 bits per heavy atom. The first kappa shape index (κ1) is 71.3. The molecule has 0 saturated carbocycles. The van der Waals surface area contributed by atoms with Crippen molar-refractivity contribution in [3.8, 4) is 0 Å². The Kier molecular flexibility index (Phi) is 50.8. The van der Waals surface area contributed by atoms with Crippen molar-refractivity contribution in [3.05, 3.63) is 48.6 Å². The van der Waals surface area contributed by atoms with Gasteiger partial charge in [-0.25, -0.2) is 0 Å². The number of unbranched alkanes of at least 4 members (excludes halogenated alkanes) is 22. The molecule has 442 valence electrons. The molecule has 3 amide bonds. The average Bonchev–Trinajstić information content (AvgIpc) is 4.24. The van der Waals surface area contributed by atoms with Crippen LogP contribution in [0, 0.1) is 17.8 Å². The topological polar surface area (TPSA) is 97.0 Å². The minimum Gasteiger partial charge on any atom is -0.356 e. The van der Waals surface area contributed by atoms with Crippen LogP contribution in [-0.4, -0.2) is 114 Å². The summed E-state index contributed by atoms with van der Waals surface area (Å²) in [6, 6.07) is 0. The Bertz CT molecular complexity index is 1440. The van der Waals surface area contributed by atoms with Gasteiger partial charge in [-0.3, -0.25) is 14.4 Å². The van der Waals surface area contributed by atoms with E-state index in [1.807, 2.05) is 0 Å². The van der Waals surface area contributed by atoms with Gasteiger partial charge in [0.05, 0.1) is 0 Å². The van der Waals surface area contributed by atoms with Gasteiger partial charge in [-0.15, -0.1) is 0 Å². The summed E-state index contributed by atoms with van der Waals surface area (Å²) in [6.45, 7) is 5.54. The third-order valence-electron chi connectivity index (χ3n) is 15.5. The molecule has 0 heterocycles. The molecule has 0 aromatic rings. The maximum atomic E-state index is 11.7. The minimum absolute atomic E-state index is 0.209. The summed E-state index contributed by atoms with van der Waals surface area (Å²) in [6.07, 6.45) is 70.2. The van der Waals surface area contributed by atoms with Gasteiger partial charge in [0, 0.05) is 38.9 Å². The SMILES string of the molecule is CN(C)CCCNC(=O)CCCC/C=C/CCCCCC[C@H]1C=CCC1.CN(C)CCCNC(=O)CCCCCCCCCCCC[C@H]1C=CCC1.CN(C)CCCNC(=O)CCCCCCCCCC[C@H]1C=CCC1. The summed E-state index contributed by atoms with van der Waals surface area (Å²) in [7, 11) is 12.4. The number of rotatable bonds is 48. The number of allylic oxidation sites excluding steroid dienone is 8. The fraction of sp³-hybridized carbons (Fsp3) is 0.836. The highest BCUT2D eigenvalue weighted by Gasteiger charge is 2.10. The van der Waals surface area contributed by atoms with Crippen molar-refractivity contribution in [3.63, 3.8) is 0 Å². The second-order valence-corrected chi connectivity index (χ2v) is 24.0. The summed E-state index contributed by atoms with van der Waals surface area (Å²) in [5.41, 5.74) is 0. The molecule has 3 aliphatic rings. The molecule has 0 saturated heterocycles. The van der Waals surface area contributed by atoms with Crippen LogP contribution in [0.3, 0.4) is 0 Å². The normalized spacial score (nSPS) is 16.7. The van der Waals surface area contributed by atoms with E-state index in [0.717, 1.165) is 108 Å². The van der Waals surface area contributed by atoms with E-state index in [2.05, 4.69) is 122 Å². The molecule has 3 aliphatic carbocycles. The quantitative estimate of drug-likeness (QED) is 0.0415. The lowest BCUT2D eigenvalue weighted by Gasteiger charge is -2.09. The Balaban J connectivity index is 0.000000571. The molecule has 0 radical (unpaired) electrons. The predicted molar refractivity (Wildman–Crippen MR) is 331 cm³/mol. The molecular weight excluding hydrogens is 937 g/mol. The largest absolute Gasteiger partial charge is 0.356 e. The van der Waals surface area contributed by atoms with Crippen LogP contribution in [-0.2, 0) is 14.4 Å². The Labute approximate surface area is 471 Å². The first-order valence-corrected chi connectivity index (χ1v) is 32.4. The maximum absolute atomic E-state index is 11.7. The molecule has 0 aromatic carbocycles. The van der Waals surface area contributed by atoms with E-state index in [0.29, 0.717) is 19.3 Å². The Morgan fingerprint density at radius 1 is 0.355 bits per heavy atom. The zero-order valence-electron chi connectivity index (χ0n) is 51.2. The molecule has 0 aliphatic heterocycles. The van der Waals surface area contributed by atoms with Crippen molar-refractivity contribution in [2.24, 2.45) is 17.8 Å². The number of hydrogen-bond acceptors (Lipinski definition) is 6. The van der Waals surface area contributed by atoms with Gasteiger partial charge in [-0.2, -0.15) is 0 Å². The molecule has 0 unspecified atom stereocenters. The first-order valence-electron chi connectivity index (χ1n) is 32.4. The zero-order valence-corrected chi connectivity index (χ0v) is 51.2. The van der Waals surface area contributed by atoms with Crippen LogP contribution < -0.4 is 16.0 Å². The van der Waals surface area contributed by atoms with Crippen LogP contribution >= 0.6 is 0 Å². The van der Waals surface area contributed by atoms with Gasteiger partial charge >= 0.3 is 0 Å². The fourth-order valence-electron chi connectivity index (χ4n) is 10.6. The number of carbonyl (C=O) groups is 3. The van der Waals surface area contributed by atoms with Gasteiger partial charge in [-0.1, -0.05) is 171 Å². The highest BCUT2D eigenvalue weighted by Crippen LogP contribution is 2.25. The van der Waals surface area contributed by atoms with E-state index < -0.39 is 0 Å². The van der Waals surface area contributed by atoms with Gasteiger partial charge in [-0.05, 0) is 202 Å². The van der Waals surface area contributed by atoms with E-state index in [-0.39, 0.29) is 17.7 Å². The molecule has 9 heteroatoms. The molecule has 0 spiro atoms. The monoisotopic (exact) mass is 1060 g/mol. The number of hydrogen-bond donors (Lipinski definition) is 3. The fourth-order valence-corrected chi connectivity index (χ4v) is 10.6. The Morgan fingerprint density at radius 3 is 0.882 bits per heavy atom. The van der Waals surface area contributed by atoms with Gasteiger partial charge in [0.25, 0.3) is 0 Å². The molecular formula is C67H126N6O3. The second-order valence-electron chi connectivity index (χ2n) is 24.0. The highest BCUT2D eigenvalue weighted by molar-refractivity contribution is 5.76. The summed E-state index contributed by atoms with van der Waals surface area (Å²) >= 11 is 0. The molecule has 3 rings (SSSR count). The Hall–Kier alpha value is -2.75. The lowest BCUT2D eigenvalue weighted by Crippen LogP contribution is -2.26. The van der Waals surface area contributed by atoms with Crippen LogP contribution in [0.5, 0.6) is 0 Å². The number of carbonyl (C=O) groups excluding carboxylic acids is 3. The molecule has 0 aromatic heterocycles. The second kappa shape index (κ2) is 54.2. The van der Waals surface area contributed by atoms with Crippen LogP contribution in [0.4, 0.5) is 0 Å². The van der Waals surface area contributed by atoms with Crippen LogP contribution in [0.25, 0.3) is 0 Å². The number of amides is 3. The minimum atomic E-state index is 0.209. The van der Waals surface area contributed by atoms with E-state index in [1.54, 1.807) is 0 Å². The van der Waals surface area contributed by atoms with Crippen molar-refractivity contribution in [2.75, 3.05) is 81.6 Å². The third-order valence-corrected chi connectivity index (χ3v) is 15.5. The number of nitrogens with one attached hydrogen (secondary N) is 3. The van der Waals surface area contributed by atoms with Crippen LogP contribution in [0.1, 0.15) is 263 Å². The highest BCUT2D eigenvalue weighted by atomic mass is 16.2. The molecule has 3 N–H and O–H groups in total. The van der Waals surface area contributed by atoms with Gasteiger partial charge in [0.1, 0.15) is 0 Å². The summed E-state index contributed by atoms with van der Waals surface area (Å²) in [5, 5.41) is 9.04. The lowest BCUT2D eigenvalue weighted by atomic mass is 9.99. The molecule has 3 atom stereocenters. The van der Waals surface area contributed by atoms with Crippen molar-refractivity contribution < 1.29 is 14.4 Å². The smallest absolute Gasteiger partial charge is 0.219 e. The molecule has 9 nitrogen and oxygen atoms in total. The summed E-state index contributed by atoms with van der Waals surface area (Å²) < 4.78 is 0. The lowest BCUT2D eigenvalue weighted by molar-refractivity contribution is -0.122. The van der Waals surface area contributed by atoms with E-state index in [4.69, 9.17) is 0 Å². The maximum Gasteiger partial charge on any atom is 0.219 e. The van der Waals surface area contributed by atoms with Crippen LogP contribution in [0.2, 0.25) is 0 Å². The summed E-state index contributed by atoms with van der Waals surface area (Å²) in [4.78, 5) is 41.5. The first-order chi connectivity index (χ1) is 37.0. The zero-order chi connectivity index (χ0) is 55.2. The molecule has 0 fully saturated rings. The average molecular weight is 1060 g/mol. The summed E-state index contributed by atoms with van der Waals surface area (Å²) in [5.74, 6) is 3.34. The van der Waals surface area contributed by atoms with Gasteiger partial charge in [0.15, 0.2) is 0 Å². The van der Waals surface area contributed by atoms with Crippen molar-refractivity contribution in [1.82, 2.24) is 30.7 Å². The molecule has 76 heavy (non-hydrogen) atoms. The standard InChI is InChI=1S/C23H44N2O.C23H42N2O.C21H40N2O/c2*1-25(2)21-15-20-24-23(26)19-12-10-8-6-4-3-5-7-9-11-16-22-17-13-14-18-22;1-23(2)19-13-18-22-21(24)17-10-8-6-4-3-5-7-9-14-20-15-11-12-16-20/h13,17,22H,3-12,14-16,18-21H2,1-2H3,(H,24,26);4,6,13,17,22H,3,5,7-12,14-16,18-21H2,1-2H3,(H,24,26);11,15,20H,3-10,12-14,16-19H2,1-2H3,(H,22,24)/b;6-4+;/t2*22-;20-/m000/s1. The van der Waals surface area contributed by atoms with E-state index >= 15 is 0 Å². The van der Waals surface area contributed by atoms with E-state index in [1.165, 1.54) is 193 Å². The van der Waals surface area contributed by atoms with Crippen molar-refractivity contribution in [2.45, 2.75) is 263 Å². The van der Waals surface area contributed by atoms with Gasteiger partial charge in [0.2, 0.25) is 17.7 Å². The number of nitrogens with zero attached hydrogens (tertiary/aromatic N) is 3. The predicted octanol–water partition coefficient (Wildman–Crippen LogP) is 16.1. The van der Waals surface area contributed by atoms with E-state index in [9.17, 15) is 14.4 Å². The van der Waals surface area contributed by atoms with Gasteiger partial charge < -0.3 is 30.7 Å².